The second-order valence-electron chi connectivity index (χ2n) is 7.74. The van der Waals surface area contributed by atoms with Crippen LogP contribution in [-0.2, 0) is 6.18 Å². The number of aromatic nitrogens is 3. The van der Waals surface area contributed by atoms with Crippen LogP contribution in [0.25, 0.3) is 21.0 Å². The maximum atomic E-state index is 13.1. The molecule has 11 heteroatoms. The van der Waals surface area contributed by atoms with E-state index in [1.165, 1.54) is 29.7 Å². The highest BCUT2D eigenvalue weighted by Crippen LogP contribution is 2.34. The Morgan fingerprint density at radius 3 is 2.69 bits per heavy atom. The third-order valence-corrected chi connectivity index (χ3v) is 6.30. The first-order valence-corrected chi connectivity index (χ1v) is 11.2. The second-order valence-corrected chi connectivity index (χ2v) is 8.65. The first-order valence-electron chi connectivity index (χ1n) is 10.4. The number of halogens is 3. The van der Waals surface area contributed by atoms with E-state index in [9.17, 15) is 18.0 Å². The zero-order valence-electron chi connectivity index (χ0n) is 18.1. The minimum absolute atomic E-state index is 0.0684. The molecule has 0 spiro atoms. The van der Waals surface area contributed by atoms with Crippen molar-refractivity contribution >= 4 is 61.2 Å². The summed E-state index contributed by atoms with van der Waals surface area (Å²) >= 11 is 1.39. The van der Waals surface area contributed by atoms with Crippen LogP contribution in [0.1, 0.15) is 21.7 Å². The molecule has 0 bridgehead atoms. The Balaban J connectivity index is 1.51. The Labute approximate surface area is 200 Å². The van der Waals surface area contributed by atoms with Crippen LogP contribution in [0.3, 0.4) is 0 Å². The lowest BCUT2D eigenvalue weighted by Gasteiger charge is -2.15. The summed E-state index contributed by atoms with van der Waals surface area (Å²) < 4.78 is 40.0. The van der Waals surface area contributed by atoms with Gasteiger partial charge in [-0.15, -0.1) is 11.3 Å². The Morgan fingerprint density at radius 1 is 1.06 bits per heavy atom. The first kappa shape index (κ1) is 22.5. The molecule has 0 radical (unpaired) electrons. The van der Waals surface area contributed by atoms with Gasteiger partial charge in [-0.3, -0.25) is 4.79 Å². The van der Waals surface area contributed by atoms with Gasteiger partial charge in [0.15, 0.2) is 0 Å². The third-order valence-electron chi connectivity index (χ3n) is 5.38. The topological polar surface area (TPSA) is 106 Å². The highest BCUT2D eigenvalue weighted by Gasteiger charge is 2.30. The molecule has 7 nitrogen and oxygen atoms in total. The van der Waals surface area contributed by atoms with Crippen LogP contribution in [0.4, 0.5) is 36.2 Å². The molecule has 0 saturated carbocycles. The number of thiophene rings is 1. The molecule has 2 aromatic carbocycles. The molecule has 4 N–H and O–H groups in total. The SMILES string of the molecule is Cc1ccc2c(Nc3cccc(C(F)(F)F)c3)nccc2c1NC(=O)c1nc(N)c2sccc2n1. The molecular weight excluding hydrogens is 477 g/mol. The monoisotopic (exact) mass is 494 g/mol. The van der Waals surface area contributed by atoms with E-state index in [1.807, 2.05) is 12.3 Å². The molecule has 176 valence electrons. The number of carbonyl (C=O) groups is 1. The highest BCUT2D eigenvalue weighted by molar-refractivity contribution is 7.17. The van der Waals surface area contributed by atoms with Crippen molar-refractivity contribution in [2.24, 2.45) is 0 Å². The van der Waals surface area contributed by atoms with Gasteiger partial charge < -0.3 is 16.4 Å². The van der Waals surface area contributed by atoms with Gasteiger partial charge in [0.05, 0.1) is 21.5 Å². The van der Waals surface area contributed by atoms with Crippen molar-refractivity contribution in [3.63, 3.8) is 0 Å². The molecular formula is C24H17F3N6OS. The number of amides is 1. The summed E-state index contributed by atoms with van der Waals surface area (Å²) in [5, 5.41) is 8.88. The summed E-state index contributed by atoms with van der Waals surface area (Å²) in [6.07, 6.45) is -2.95. The Morgan fingerprint density at radius 2 is 1.89 bits per heavy atom. The van der Waals surface area contributed by atoms with Crippen molar-refractivity contribution in [2.75, 3.05) is 16.4 Å². The second kappa shape index (κ2) is 8.51. The fourth-order valence-electron chi connectivity index (χ4n) is 3.70. The van der Waals surface area contributed by atoms with Crippen LogP contribution in [0.15, 0.2) is 60.1 Å². The average Bonchev–Trinajstić information content (AvgIpc) is 3.30. The minimum atomic E-state index is -4.46. The quantitative estimate of drug-likeness (QED) is 0.277. The number of hydrogen-bond acceptors (Lipinski definition) is 7. The zero-order valence-corrected chi connectivity index (χ0v) is 19.0. The molecule has 0 aliphatic rings. The molecule has 0 aliphatic heterocycles. The van der Waals surface area contributed by atoms with E-state index >= 15 is 0 Å². The molecule has 0 atom stereocenters. The third kappa shape index (κ3) is 4.33. The predicted molar refractivity (Wildman–Crippen MR) is 131 cm³/mol. The van der Waals surface area contributed by atoms with Crippen molar-refractivity contribution in [3.8, 4) is 0 Å². The van der Waals surface area contributed by atoms with E-state index in [0.29, 0.717) is 32.5 Å². The number of anilines is 4. The number of nitrogen functional groups attached to an aromatic ring is 1. The number of fused-ring (bicyclic) bond motifs is 2. The van der Waals surface area contributed by atoms with Crippen LogP contribution in [0.5, 0.6) is 0 Å². The zero-order chi connectivity index (χ0) is 24.7. The van der Waals surface area contributed by atoms with E-state index in [1.54, 1.807) is 24.3 Å². The molecule has 0 aliphatic carbocycles. The van der Waals surface area contributed by atoms with Gasteiger partial charge in [-0.1, -0.05) is 18.2 Å². The molecule has 1 amide bonds. The van der Waals surface area contributed by atoms with Gasteiger partial charge in [-0.25, -0.2) is 15.0 Å². The molecule has 35 heavy (non-hydrogen) atoms. The maximum Gasteiger partial charge on any atom is 0.416 e. The Hall–Kier alpha value is -4.25. The number of nitrogens with one attached hydrogen (secondary N) is 2. The van der Waals surface area contributed by atoms with Gasteiger partial charge in [0, 0.05) is 22.7 Å². The van der Waals surface area contributed by atoms with Gasteiger partial charge in [-0.05, 0) is 48.2 Å². The summed E-state index contributed by atoms with van der Waals surface area (Å²) in [4.78, 5) is 25.7. The largest absolute Gasteiger partial charge is 0.416 e. The van der Waals surface area contributed by atoms with Gasteiger partial charge >= 0.3 is 6.18 Å². The first-order chi connectivity index (χ1) is 16.7. The molecule has 0 saturated heterocycles. The molecule has 5 aromatic rings. The number of aryl methyl sites for hydroxylation is 1. The Bertz CT molecular complexity index is 1600. The molecule has 0 fully saturated rings. The van der Waals surface area contributed by atoms with Crippen LogP contribution >= 0.6 is 11.3 Å². The fraction of sp³-hybridized carbons (Fsp3) is 0.0833. The molecule has 0 unspecified atom stereocenters. The summed E-state index contributed by atoms with van der Waals surface area (Å²) in [5.74, 6) is -0.0372. The number of nitrogens with zero attached hydrogens (tertiary/aromatic N) is 3. The number of nitrogens with two attached hydrogens (primary N) is 1. The average molecular weight is 495 g/mol. The summed E-state index contributed by atoms with van der Waals surface area (Å²) in [7, 11) is 0. The van der Waals surface area contributed by atoms with Crippen molar-refractivity contribution in [3.05, 3.63) is 77.1 Å². The number of pyridine rings is 1. The van der Waals surface area contributed by atoms with E-state index < -0.39 is 17.6 Å². The van der Waals surface area contributed by atoms with E-state index in [4.69, 9.17) is 5.73 Å². The van der Waals surface area contributed by atoms with Crippen molar-refractivity contribution in [1.29, 1.82) is 0 Å². The summed E-state index contributed by atoms with van der Waals surface area (Å²) in [5.41, 5.74) is 7.30. The van der Waals surface area contributed by atoms with Gasteiger partial charge in [0.25, 0.3) is 5.91 Å². The predicted octanol–water partition coefficient (Wildman–Crippen LogP) is 6.14. The Kier molecular flexibility index (Phi) is 5.48. The number of benzene rings is 2. The van der Waals surface area contributed by atoms with Crippen molar-refractivity contribution in [2.45, 2.75) is 13.1 Å². The van der Waals surface area contributed by atoms with E-state index in [0.717, 1.165) is 17.7 Å². The van der Waals surface area contributed by atoms with Gasteiger partial charge in [0.2, 0.25) is 5.82 Å². The standard InChI is InChI=1S/C24H17F3N6OS/c1-12-5-6-16-15(7-9-29-21(16)30-14-4-2-3-13(11-14)24(25,26)27)18(12)32-23(34)22-31-17-8-10-35-19(17)20(28)33-22/h2-11H,1H3,(H,29,30)(H,32,34)(H2,28,31,33). The number of hydrogen-bond donors (Lipinski definition) is 3. The van der Waals surface area contributed by atoms with Crippen LogP contribution in [-0.4, -0.2) is 20.9 Å². The van der Waals surface area contributed by atoms with Gasteiger partial charge in [0.1, 0.15) is 11.6 Å². The lowest BCUT2D eigenvalue weighted by molar-refractivity contribution is -0.137. The van der Waals surface area contributed by atoms with Crippen LogP contribution < -0.4 is 16.4 Å². The number of carbonyl (C=O) groups excluding carboxylic acids is 1. The lowest BCUT2D eigenvalue weighted by atomic mass is 10.1. The minimum Gasteiger partial charge on any atom is -0.382 e. The molecule has 3 heterocycles. The summed E-state index contributed by atoms with van der Waals surface area (Å²) in [6, 6.07) is 11.9. The maximum absolute atomic E-state index is 13.1. The van der Waals surface area contributed by atoms with E-state index in [2.05, 4.69) is 25.6 Å². The normalized spacial score (nSPS) is 11.7. The molecule has 5 rings (SSSR count). The summed E-state index contributed by atoms with van der Waals surface area (Å²) in [6.45, 7) is 1.83. The lowest BCUT2D eigenvalue weighted by Crippen LogP contribution is -2.17. The van der Waals surface area contributed by atoms with Gasteiger partial charge in [-0.2, -0.15) is 13.2 Å². The van der Waals surface area contributed by atoms with Crippen molar-refractivity contribution in [1.82, 2.24) is 15.0 Å². The smallest absolute Gasteiger partial charge is 0.382 e. The molecule has 3 aromatic heterocycles. The fourth-order valence-corrected chi connectivity index (χ4v) is 4.43. The highest BCUT2D eigenvalue weighted by atomic mass is 32.1. The van der Waals surface area contributed by atoms with Crippen LogP contribution in [0.2, 0.25) is 0 Å². The van der Waals surface area contributed by atoms with Crippen molar-refractivity contribution < 1.29 is 18.0 Å². The number of rotatable bonds is 4. The van der Waals surface area contributed by atoms with Crippen LogP contribution in [0, 0.1) is 6.92 Å². The van der Waals surface area contributed by atoms with E-state index in [-0.39, 0.29) is 17.3 Å². The number of alkyl halides is 3.